The maximum absolute atomic E-state index is 10.1. The summed E-state index contributed by atoms with van der Waals surface area (Å²) in [6, 6.07) is -0.890. The summed E-state index contributed by atoms with van der Waals surface area (Å²) in [5.74, 6) is 4.02. The van der Waals surface area contributed by atoms with E-state index >= 15 is 0 Å². The smallest absolute Gasteiger partial charge is 0.321 e. The second kappa shape index (κ2) is 10.5. The number of hydrogen-bond donors (Lipinski definition) is 3. The van der Waals surface area contributed by atoms with Gasteiger partial charge >= 0.3 is 5.97 Å². The van der Waals surface area contributed by atoms with Crippen molar-refractivity contribution in [1.29, 1.82) is 0 Å². The van der Waals surface area contributed by atoms with Crippen LogP contribution in [0.1, 0.15) is 6.42 Å². The van der Waals surface area contributed by atoms with Gasteiger partial charge in [0, 0.05) is 6.42 Å². The van der Waals surface area contributed by atoms with Crippen LogP contribution >= 0.6 is 24.8 Å². The van der Waals surface area contributed by atoms with Gasteiger partial charge < -0.3 is 16.6 Å². The highest BCUT2D eigenvalue weighted by Gasteiger charge is 2.07. The molecule has 0 aromatic rings. The Balaban J connectivity index is -0.000000405. The van der Waals surface area contributed by atoms with Crippen molar-refractivity contribution < 1.29 is 9.90 Å². The molecule has 0 unspecified atom stereocenters. The molecule has 72 valence electrons. The zero-order valence-corrected chi connectivity index (χ0v) is 7.95. The molecule has 0 rings (SSSR count). The van der Waals surface area contributed by atoms with Crippen LogP contribution in [0.15, 0.2) is 0 Å². The molecule has 0 saturated heterocycles. The Bertz CT molecular complexity index is 176. The molecule has 0 fully saturated rings. The molecule has 0 bridgehead atoms. The fourth-order valence-electron chi connectivity index (χ4n) is 0.342. The summed E-state index contributed by atoms with van der Waals surface area (Å²) in [4.78, 5) is 10.1. The molecule has 6 heteroatoms. The number of aliphatic carboxylic acids is 1. The van der Waals surface area contributed by atoms with E-state index in [-0.39, 0.29) is 37.8 Å². The molecular formula is C6H12Cl2N2O2. The molecule has 1 atom stereocenters. The lowest BCUT2D eigenvalue weighted by molar-refractivity contribution is -0.138. The summed E-state index contributed by atoms with van der Waals surface area (Å²) in [5.41, 5.74) is 10.1. The monoisotopic (exact) mass is 214 g/mol. The lowest BCUT2D eigenvalue weighted by atomic mass is 10.2. The van der Waals surface area contributed by atoms with E-state index < -0.39 is 12.0 Å². The molecule has 0 aromatic heterocycles. The van der Waals surface area contributed by atoms with Gasteiger partial charge in [0.25, 0.3) is 0 Å². The third-order valence-electron chi connectivity index (χ3n) is 0.866. The van der Waals surface area contributed by atoms with Gasteiger partial charge in [-0.3, -0.25) is 4.79 Å². The first-order chi connectivity index (χ1) is 4.68. The van der Waals surface area contributed by atoms with Crippen LogP contribution in [0.2, 0.25) is 0 Å². The first-order valence-electron chi connectivity index (χ1n) is 2.82. The first-order valence-corrected chi connectivity index (χ1v) is 2.82. The molecule has 0 amide bonds. The van der Waals surface area contributed by atoms with Crippen LogP contribution in [0.25, 0.3) is 0 Å². The molecule has 0 aromatic carbocycles. The summed E-state index contributed by atoms with van der Waals surface area (Å²) in [7, 11) is 0. The van der Waals surface area contributed by atoms with Crippen molar-refractivity contribution in [2.24, 2.45) is 11.5 Å². The van der Waals surface area contributed by atoms with E-state index in [0.717, 1.165) is 0 Å². The van der Waals surface area contributed by atoms with Gasteiger partial charge in [-0.25, -0.2) is 0 Å². The molecule has 0 saturated carbocycles. The Hall–Kier alpha value is -0.470. The summed E-state index contributed by atoms with van der Waals surface area (Å²) in [6.07, 6.45) is 0.159. The molecule has 0 radical (unpaired) electrons. The number of halogens is 2. The van der Waals surface area contributed by atoms with Gasteiger partial charge in [0.15, 0.2) is 0 Å². The zero-order valence-electron chi connectivity index (χ0n) is 6.32. The molecule has 0 aliphatic carbocycles. The predicted octanol–water partition coefficient (Wildman–Crippen LogP) is -0.406. The number of rotatable bonds is 2. The van der Waals surface area contributed by atoms with Crippen molar-refractivity contribution in [3.8, 4) is 11.8 Å². The Labute approximate surface area is 83.5 Å². The Kier molecular flexibility index (Phi) is 15.4. The normalized spacial score (nSPS) is 9.50. The van der Waals surface area contributed by atoms with Crippen molar-refractivity contribution in [2.75, 3.05) is 6.54 Å². The lowest BCUT2D eigenvalue weighted by Gasteiger charge is -1.97. The molecule has 0 aliphatic heterocycles. The lowest BCUT2D eigenvalue weighted by Crippen LogP contribution is -2.29. The van der Waals surface area contributed by atoms with Crippen molar-refractivity contribution in [3.63, 3.8) is 0 Å². The second-order valence-electron chi connectivity index (χ2n) is 1.71. The minimum Gasteiger partial charge on any atom is -0.480 e. The highest BCUT2D eigenvalue weighted by Crippen LogP contribution is 1.83. The fraction of sp³-hybridized carbons (Fsp3) is 0.500. The highest BCUT2D eigenvalue weighted by atomic mass is 35.5. The van der Waals surface area contributed by atoms with Gasteiger partial charge in [-0.2, -0.15) is 0 Å². The van der Waals surface area contributed by atoms with Crippen molar-refractivity contribution in [2.45, 2.75) is 12.5 Å². The average molecular weight is 215 g/mol. The van der Waals surface area contributed by atoms with E-state index in [1.54, 1.807) is 0 Å². The number of carboxylic acid groups (broad SMARTS) is 1. The molecule has 0 spiro atoms. The third-order valence-corrected chi connectivity index (χ3v) is 0.866. The van der Waals surface area contributed by atoms with Crippen molar-refractivity contribution in [1.82, 2.24) is 0 Å². The summed E-state index contributed by atoms with van der Waals surface area (Å²) >= 11 is 0. The van der Waals surface area contributed by atoms with Gasteiger partial charge in [0.1, 0.15) is 6.04 Å². The van der Waals surface area contributed by atoms with Crippen LogP contribution < -0.4 is 11.5 Å². The van der Waals surface area contributed by atoms with Crippen LogP contribution in [0.5, 0.6) is 0 Å². The largest absolute Gasteiger partial charge is 0.480 e. The first kappa shape index (κ1) is 17.6. The van der Waals surface area contributed by atoms with Gasteiger partial charge in [-0.05, 0) is 0 Å². The minimum atomic E-state index is -1.04. The van der Waals surface area contributed by atoms with E-state index in [9.17, 15) is 4.79 Å². The van der Waals surface area contributed by atoms with Crippen LogP contribution in [-0.2, 0) is 4.79 Å². The molecular weight excluding hydrogens is 203 g/mol. The van der Waals surface area contributed by atoms with Gasteiger partial charge in [-0.1, -0.05) is 11.8 Å². The maximum Gasteiger partial charge on any atom is 0.321 e. The zero-order chi connectivity index (χ0) is 7.98. The highest BCUT2D eigenvalue weighted by molar-refractivity contribution is 5.85. The van der Waals surface area contributed by atoms with Crippen LogP contribution in [0, 0.1) is 11.8 Å². The van der Waals surface area contributed by atoms with E-state index in [1.165, 1.54) is 0 Å². The molecule has 4 nitrogen and oxygen atoms in total. The standard InChI is InChI=1S/C6H10N2O2.2ClH/c7-4-2-1-3-5(8)6(9)10;;/h5H,3-4,7-8H2,(H,9,10);2*1H/t5-;;/m1../s1. The van der Waals surface area contributed by atoms with Gasteiger partial charge in [0.05, 0.1) is 6.54 Å². The summed E-state index contributed by atoms with van der Waals surface area (Å²) < 4.78 is 0. The summed E-state index contributed by atoms with van der Waals surface area (Å²) in [6.45, 7) is 0.242. The Morgan fingerprint density at radius 3 is 2.25 bits per heavy atom. The van der Waals surface area contributed by atoms with Crippen LogP contribution in [0.4, 0.5) is 0 Å². The van der Waals surface area contributed by atoms with E-state index in [1.807, 2.05) is 0 Å². The van der Waals surface area contributed by atoms with Crippen molar-refractivity contribution >= 4 is 30.8 Å². The van der Waals surface area contributed by atoms with Crippen LogP contribution in [0.3, 0.4) is 0 Å². The van der Waals surface area contributed by atoms with Gasteiger partial charge in [-0.15, -0.1) is 24.8 Å². The number of nitrogens with two attached hydrogens (primary N) is 2. The average Bonchev–Trinajstić information content (AvgIpc) is 1.88. The Morgan fingerprint density at radius 1 is 1.42 bits per heavy atom. The molecule has 0 aliphatic rings. The topological polar surface area (TPSA) is 89.3 Å². The Morgan fingerprint density at radius 2 is 1.92 bits per heavy atom. The second-order valence-corrected chi connectivity index (χ2v) is 1.71. The number of hydrogen-bond acceptors (Lipinski definition) is 3. The molecule has 5 N–H and O–H groups in total. The van der Waals surface area contributed by atoms with E-state index in [0.29, 0.717) is 0 Å². The minimum absolute atomic E-state index is 0. The number of carboxylic acids is 1. The SMILES string of the molecule is Cl.Cl.NCC#CC[C@@H](N)C(=O)O. The quantitative estimate of drug-likeness (QED) is 0.546. The summed E-state index contributed by atoms with van der Waals surface area (Å²) in [5, 5.41) is 8.26. The maximum atomic E-state index is 10.1. The molecule has 12 heavy (non-hydrogen) atoms. The number of carbonyl (C=O) groups is 1. The van der Waals surface area contributed by atoms with E-state index in [4.69, 9.17) is 16.6 Å². The van der Waals surface area contributed by atoms with Crippen molar-refractivity contribution in [3.05, 3.63) is 0 Å². The van der Waals surface area contributed by atoms with Crippen LogP contribution in [-0.4, -0.2) is 23.7 Å². The predicted molar refractivity (Wildman–Crippen MR) is 51.6 cm³/mol. The van der Waals surface area contributed by atoms with Gasteiger partial charge in [0.2, 0.25) is 0 Å². The van der Waals surface area contributed by atoms with E-state index in [2.05, 4.69) is 11.8 Å². The third kappa shape index (κ3) is 9.53. The fourth-order valence-corrected chi connectivity index (χ4v) is 0.342. The molecule has 0 heterocycles.